The molecule has 6 atom stereocenters. The molecule has 0 bridgehead atoms. The van der Waals surface area contributed by atoms with Crippen LogP contribution in [-0.2, 0) is 105 Å². The molecule has 0 unspecified atom stereocenters. The molecular formula is C44H48F6O12S8Zn. The molecule has 27 heteroatoms. The summed E-state index contributed by atoms with van der Waals surface area (Å²) in [6, 6.07) is 56.4. The number of hydrogen-bond donors (Lipinski definition) is 0. The van der Waals surface area contributed by atoms with Crippen LogP contribution < -0.4 is 0 Å². The van der Waals surface area contributed by atoms with Crippen molar-refractivity contribution < 1.29 is 97.0 Å². The monoisotopic (exact) mass is 1200 g/mol. The van der Waals surface area contributed by atoms with Crippen molar-refractivity contribution in [2.24, 2.45) is 0 Å². The summed E-state index contributed by atoms with van der Waals surface area (Å²) in [5, 5.41) is 0. The fourth-order valence-electron chi connectivity index (χ4n) is 3.67. The number of alkyl halides is 6. The minimum absolute atomic E-state index is 0. The van der Waals surface area contributed by atoms with Gasteiger partial charge in [0.1, 0.15) is 0 Å². The molecule has 0 saturated heterocycles. The van der Waals surface area contributed by atoms with Crippen LogP contribution in [0, 0.1) is 0 Å². The molecule has 0 spiro atoms. The number of rotatable bonds is 6. The standard InChI is InChI=1S/6C7H8OS.2CHF3O3S.Zn/c6*1-9(8)7-5-3-2-4-6-7;2*2-1(3,4)8(5,6)7;/h6*2-6H,1H3;2*(H,5,6,7);/q;;;;;;;;+2/p-2/t6*9-;;;/m111000.../s1. The first kappa shape index (κ1) is 71.5. The average Bonchev–Trinajstić information content (AvgIpc) is 3.31. The SMILES string of the molecule is C[S@@](=O)c1ccccc1.C[S@@](=O)c1ccccc1.C[S@@](=O)c1ccccc1.C[S@](=O)c1ccccc1.C[S@](=O)c1ccccc1.C[S@](=O)c1ccccc1.O=S(=O)([O-])C(F)(F)F.O=S(=O)([O-])C(F)(F)F.[Zn+2]. The Balaban J connectivity index is -0.000000743. The van der Waals surface area contributed by atoms with Gasteiger partial charge in [0.2, 0.25) is 0 Å². The summed E-state index contributed by atoms with van der Waals surface area (Å²) in [5.41, 5.74) is -11.3. The Morgan fingerprint density at radius 1 is 0.296 bits per heavy atom. The van der Waals surface area contributed by atoms with E-state index in [1.807, 2.05) is 182 Å². The molecule has 0 aliphatic heterocycles. The predicted molar refractivity (Wildman–Crippen MR) is 264 cm³/mol. The normalized spacial score (nSPS) is 13.0. The van der Waals surface area contributed by atoms with Gasteiger partial charge >= 0.3 is 30.5 Å². The quantitative estimate of drug-likeness (QED) is 0.0663. The molecule has 71 heavy (non-hydrogen) atoms. The van der Waals surface area contributed by atoms with Crippen molar-refractivity contribution in [3.8, 4) is 0 Å². The fourth-order valence-corrected chi connectivity index (χ4v) is 6.92. The van der Waals surface area contributed by atoms with Crippen LogP contribution in [0.15, 0.2) is 211 Å². The third-order valence-electron chi connectivity index (χ3n) is 7.02. The van der Waals surface area contributed by atoms with Gasteiger partial charge in [-0.1, -0.05) is 109 Å². The summed E-state index contributed by atoms with van der Waals surface area (Å²) < 4.78 is 182. The van der Waals surface area contributed by atoms with Crippen LogP contribution in [0.5, 0.6) is 0 Å². The van der Waals surface area contributed by atoms with E-state index in [2.05, 4.69) is 0 Å². The molecule has 12 nitrogen and oxygen atoms in total. The molecule has 0 aliphatic rings. The summed E-state index contributed by atoms with van der Waals surface area (Å²) >= 11 is 0. The maximum absolute atomic E-state index is 10.8. The molecule has 6 aromatic rings. The zero-order chi connectivity index (χ0) is 54.1. The first-order valence-electron chi connectivity index (χ1n) is 18.7. The molecule has 0 radical (unpaired) electrons. The molecule has 0 aromatic heterocycles. The van der Waals surface area contributed by atoms with Crippen molar-refractivity contribution in [2.45, 2.75) is 40.4 Å². The van der Waals surface area contributed by atoms with Gasteiger partial charge in [0.05, 0.1) is 0 Å². The van der Waals surface area contributed by atoms with Gasteiger partial charge in [-0.2, -0.15) is 26.3 Å². The van der Waals surface area contributed by atoms with E-state index in [1.165, 1.54) is 0 Å². The number of hydrogen-bond acceptors (Lipinski definition) is 12. The van der Waals surface area contributed by atoms with E-state index in [0.29, 0.717) is 0 Å². The summed E-state index contributed by atoms with van der Waals surface area (Å²) in [7, 11) is -17.2. The zero-order valence-corrected chi connectivity index (χ0v) is 48.0. The van der Waals surface area contributed by atoms with Crippen molar-refractivity contribution in [1.29, 1.82) is 0 Å². The summed E-state index contributed by atoms with van der Waals surface area (Å²) in [4.78, 5) is 5.32. The molecule has 0 aliphatic carbocycles. The van der Waals surface area contributed by atoms with E-state index < -0.39 is 96.1 Å². The first-order valence-corrected chi connectivity index (χ1v) is 30.8. The second-order valence-corrected chi connectivity index (χ2v) is 23.4. The zero-order valence-electron chi connectivity index (χ0n) is 38.5. The van der Waals surface area contributed by atoms with Crippen LogP contribution in [0.4, 0.5) is 26.3 Å². The Hall–Kier alpha value is -3.76. The molecule has 0 amide bonds. The molecule has 0 saturated carbocycles. The van der Waals surface area contributed by atoms with E-state index >= 15 is 0 Å². The number of halogens is 6. The second-order valence-electron chi connectivity index (χ2n) is 12.4. The van der Waals surface area contributed by atoms with Crippen molar-refractivity contribution in [3.05, 3.63) is 182 Å². The smallest absolute Gasteiger partial charge is 0.741 e. The van der Waals surface area contributed by atoms with Crippen LogP contribution in [0.2, 0.25) is 0 Å². The molecule has 388 valence electrons. The Morgan fingerprint density at radius 3 is 0.423 bits per heavy atom. The minimum atomic E-state index is -6.09. The largest absolute Gasteiger partial charge is 2.00 e. The van der Waals surface area contributed by atoms with E-state index in [1.54, 1.807) is 37.5 Å². The summed E-state index contributed by atoms with van der Waals surface area (Å²) in [6.45, 7) is 0. The average molecular weight is 1200 g/mol. The maximum Gasteiger partial charge on any atom is 2.00 e. The maximum atomic E-state index is 10.8. The van der Waals surface area contributed by atoms with Gasteiger partial charge in [0.25, 0.3) is 0 Å². The van der Waals surface area contributed by atoms with Crippen LogP contribution >= 0.6 is 0 Å². The molecule has 0 heterocycles. The Labute approximate surface area is 438 Å². The number of benzene rings is 6. The second kappa shape index (κ2) is 37.9. The molecule has 6 aromatic carbocycles. The third-order valence-corrected chi connectivity index (χ3v) is 13.8. The molecule has 0 N–H and O–H groups in total. The summed E-state index contributed by atoms with van der Waals surface area (Å²) in [6.07, 6.45) is 10.1. The van der Waals surface area contributed by atoms with E-state index in [9.17, 15) is 51.6 Å². The summed E-state index contributed by atoms with van der Waals surface area (Å²) in [5.74, 6) is 0. The third kappa shape index (κ3) is 36.8. The van der Waals surface area contributed by atoms with Gasteiger partial charge in [0.15, 0.2) is 20.2 Å². The minimum Gasteiger partial charge on any atom is -0.741 e. The van der Waals surface area contributed by atoms with E-state index in [4.69, 9.17) is 25.9 Å². The van der Waals surface area contributed by atoms with Crippen LogP contribution in [0.3, 0.4) is 0 Å². The topological polar surface area (TPSA) is 217 Å². The van der Waals surface area contributed by atoms with Crippen molar-refractivity contribution >= 4 is 85.0 Å². The van der Waals surface area contributed by atoms with Crippen molar-refractivity contribution in [2.75, 3.05) is 37.5 Å². The van der Waals surface area contributed by atoms with Crippen LogP contribution in [-0.4, -0.2) is 99.7 Å². The van der Waals surface area contributed by atoms with Crippen LogP contribution in [0.25, 0.3) is 0 Å². The van der Waals surface area contributed by atoms with Crippen molar-refractivity contribution in [3.63, 3.8) is 0 Å². The van der Waals surface area contributed by atoms with Gasteiger partial charge in [-0.15, -0.1) is 0 Å². The Bertz CT molecular complexity index is 2310. The Kier molecular flexibility index (Phi) is 38.2. The van der Waals surface area contributed by atoms with E-state index in [-0.39, 0.29) is 19.5 Å². The Morgan fingerprint density at radius 2 is 0.380 bits per heavy atom. The molecule has 0 fully saturated rings. The fraction of sp³-hybridized carbons (Fsp3) is 0.182. The van der Waals surface area contributed by atoms with Crippen molar-refractivity contribution in [1.82, 2.24) is 0 Å². The first-order chi connectivity index (χ1) is 32.3. The van der Waals surface area contributed by atoms with Gasteiger partial charge in [0, 0.05) is 132 Å². The predicted octanol–water partition coefficient (Wildman–Crippen LogP) is 8.64. The van der Waals surface area contributed by atoms with Gasteiger partial charge < -0.3 is 9.11 Å². The van der Waals surface area contributed by atoms with Crippen LogP contribution in [0.1, 0.15) is 0 Å². The van der Waals surface area contributed by atoms with Gasteiger partial charge in [-0.25, -0.2) is 16.8 Å². The molecule has 6 rings (SSSR count). The van der Waals surface area contributed by atoms with Gasteiger partial charge in [-0.05, 0) is 72.8 Å². The molecular weight excluding hydrogens is 1160 g/mol. The van der Waals surface area contributed by atoms with Gasteiger partial charge in [-0.3, -0.25) is 25.3 Å². The van der Waals surface area contributed by atoms with E-state index in [0.717, 1.165) is 29.4 Å².